The maximum Gasteiger partial charge on any atom is 0.264 e. The molecule has 2 fully saturated rings. The van der Waals surface area contributed by atoms with Gasteiger partial charge in [0.15, 0.2) is 6.29 Å². The summed E-state index contributed by atoms with van der Waals surface area (Å²) in [6.45, 7) is 0.310. The molecule has 0 aliphatic carbocycles. The van der Waals surface area contributed by atoms with Crippen LogP contribution >= 0.6 is 0 Å². The molecule has 2 aliphatic heterocycles. The van der Waals surface area contributed by atoms with Crippen LogP contribution in [0.1, 0.15) is 5.56 Å². The molecule has 3 rings (SSSR count). The second-order valence-corrected chi connectivity index (χ2v) is 7.75. The molecule has 0 spiro atoms. The topological polar surface area (TPSA) is 89.5 Å². The van der Waals surface area contributed by atoms with E-state index in [1.54, 1.807) is 7.11 Å². The summed E-state index contributed by atoms with van der Waals surface area (Å²) in [4.78, 5) is 0. The highest BCUT2D eigenvalue weighted by molar-refractivity contribution is 7.85. The van der Waals surface area contributed by atoms with E-state index in [9.17, 15) is 8.42 Å². The monoisotopic (exact) mass is 374 g/mol. The summed E-state index contributed by atoms with van der Waals surface area (Å²) in [5.41, 5.74) is -0.0683. The van der Waals surface area contributed by atoms with Crippen LogP contribution in [0.5, 0.6) is 5.75 Å². The molecular weight excluding hydrogens is 352 g/mol. The first-order chi connectivity index (χ1) is 11.9. The molecule has 2 aliphatic rings. The summed E-state index contributed by atoms with van der Waals surface area (Å²) in [6.07, 6.45) is -0.571. The highest BCUT2D eigenvalue weighted by Crippen LogP contribution is 2.43. The molecular formula is C16H22O8S. The van der Waals surface area contributed by atoms with Gasteiger partial charge in [-0.3, -0.25) is 4.18 Å². The van der Waals surface area contributed by atoms with Crippen LogP contribution in [0.25, 0.3) is 0 Å². The van der Waals surface area contributed by atoms with Gasteiger partial charge in [-0.15, -0.1) is 0 Å². The third-order valence-corrected chi connectivity index (χ3v) is 4.84. The van der Waals surface area contributed by atoms with Crippen LogP contribution in [0.4, 0.5) is 0 Å². The largest absolute Gasteiger partial charge is 0.497 e. The summed E-state index contributed by atoms with van der Waals surface area (Å²) < 4.78 is 55.6. The van der Waals surface area contributed by atoms with Gasteiger partial charge in [-0.05, 0) is 17.7 Å². The summed E-state index contributed by atoms with van der Waals surface area (Å²) in [5, 5.41) is 0. The van der Waals surface area contributed by atoms with Crippen molar-refractivity contribution < 1.29 is 36.3 Å². The highest BCUT2D eigenvalue weighted by atomic mass is 32.2. The molecule has 0 aromatic heterocycles. The molecule has 2 heterocycles. The Morgan fingerprint density at radius 1 is 1.24 bits per heavy atom. The molecule has 0 saturated carbocycles. The zero-order valence-corrected chi connectivity index (χ0v) is 15.2. The van der Waals surface area contributed by atoms with E-state index in [0.29, 0.717) is 6.61 Å². The van der Waals surface area contributed by atoms with E-state index in [4.69, 9.17) is 27.9 Å². The minimum absolute atomic E-state index is 0.181. The lowest BCUT2D eigenvalue weighted by Gasteiger charge is -2.30. The van der Waals surface area contributed by atoms with E-state index < -0.39 is 34.2 Å². The molecule has 4 atom stereocenters. The third-order valence-electron chi connectivity index (χ3n) is 4.29. The Morgan fingerprint density at radius 2 is 1.96 bits per heavy atom. The second-order valence-electron chi connectivity index (χ2n) is 6.11. The number of benzene rings is 1. The molecule has 25 heavy (non-hydrogen) atoms. The first-order valence-electron chi connectivity index (χ1n) is 7.78. The molecule has 140 valence electrons. The quantitative estimate of drug-likeness (QED) is 0.614. The van der Waals surface area contributed by atoms with E-state index in [-0.39, 0.29) is 13.2 Å². The molecule has 1 aromatic carbocycles. The number of methoxy groups -OCH3 is 2. The van der Waals surface area contributed by atoms with Crippen molar-refractivity contribution in [3.05, 3.63) is 29.8 Å². The Morgan fingerprint density at radius 3 is 2.56 bits per heavy atom. The Balaban J connectivity index is 1.70. The third kappa shape index (κ3) is 3.97. The van der Waals surface area contributed by atoms with Crippen molar-refractivity contribution in [2.45, 2.75) is 30.7 Å². The Labute approximate surface area is 147 Å². The Bertz CT molecular complexity index is 689. The molecule has 2 saturated heterocycles. The van der Waals surface area contributed by atoms with Gasteiger partial charge in [-0.2, -0.15) is 8.42 Å². The van der Waals surface area contributed by atoms with Crippen LogP contribution in [0.3, 0.4) is 0 Å². The molecule has 2 bridgehead atoms. The summed E-state index contributed by atoms with van der Waals surface area (Å²) in [5.74, 6) is 0.758. The Kier molecular flexibility index (Phi) is 5.33. The highest BCUT2D eigenvalue weighted by Gasteiger charge is 2.63. The lowest BCUT2D eigenvalue weighted by atomic mass is 10.0. The molecule has 0 amide bonds. The maximum atomic E-state index is 11.4. The predicted octanol–water partition coefficient (Wildman–Crippen LogP) is 0.697. The fourth-order valence-corrected chi connectivity index (χ4v) is 3.44. The lowest BCUT2D eigenvalue weighted by Crippen LogP contribution is -2.47. The SMILES string of the molecule is COc1ccc(CO[C@@H]2[C@@H]3OC[C@@]2(COS(C)(=O)=O)O[C@@H]3OC)cc1. The number of ether oxygens (including phenoxy) is 5. The molecule has 9 heteroatoms. The summed E-state index contributed by atoms with van der Waals surface area (Å²) in [6, 6.07) is 7.47. The van der Waals surface area contributed by atoms with Gasteiger partial charge in [0.25, 0.3) is 10.1 Å². The number of hydrogen-bond donors (Lipinski definition) is 0. The van der Waals surface area contributed by atoms with Crippen LogP contribution in [-0.2, 0) is 39.9 Å². The summed E-state index contributed by atoms with van der Waals surface area (Å²) in [7, 11) is -0.505. The second kappa shape index (κ2) is 7.18. The van der Waals surface area contributed by atoms with Gasteiger partial charge in [-0.1, -0.05) is 12.1 Å². The van der Waals surface area contributed by atoms with Crippen molar-refractivity contribution in [1.29, 1.82) is 0 Å². The van der Waals surface area contributed by atoms with Gasteiger partial charge in [0.2, 0.25) is 0 Å². The van der Waals surface area contributed by atoms with Crippen molar-refractivity contribution in [2.24, 2.45) is 0 Å². The van der Waals surface area contributed by atoms with Crippen LogP contribution in [0, 0.1) is 0 Å². The molecule has 1 aromatic rings. The Hall–Kier alpha value is -1.23. The average molecular weight is 374 g/mol. The summed E-state index contributed by atoms with van der Waals surface area (Å²) >= 11 is 0. The van der Waals surface area contributed by atoms with Crippen molar-refractivity contribution >= 4 is 10.1 Å². The van der Waals surface area contributed by atoms with E-state index >= 15 is 0 Å². The predicted molar refractivity (Wildman–Crippen MR) is 86.7 cm³/mol. The van der Waals surface area contributed by atoms with Crippen molar-refractivity contribution in [2.75, 3.05) is 33.7 Å². The van der Waals surface area contributed by atoms with E-state index in [2.05, 4.69) is 0 Å². The van der Waals surface area contributed by atoms with Crippen LogP contribution in [-0.4, -0.2) is 66.2 Å². The first kappa shape index (κ1) is 18.6. The number of fused-ring (bicyclic) bond motifs is 2. The molecule has 0 unspecified atom stereocenters. The van der Waals surface area contributed by atoms with Crippen molar-refractivity contribution in [3.8, 4) is 5.75 Å². The standard InChI is InChI=1S/C16H22O8S/c1-19-12-6-4-11(5-7-12)8-21-14-13-15(20-2)24-16(14,9-22-13)10-23-25(3,17)18/h4-7,13-15H,8-10H2,1-3H3/t13-,14+,15-,16-/m0/s1. The fourth-order valence-electron chi connectivity index (χ4n) is 3.03. The minimum atomic E-state index is -3.61. The average Bonchev–Trinajstić information content (AvgIpc) is 3.10. The van der Waals surface area contributed by atoms with Gasteiger partial charge in [0, 0.05) is 7.11 Å². The van der Waals surface area contributed by atoms with Crippen LogP contribution in [0.2, 0.25) is 0 Å². The smallest absolute Gasteiger partial charge is 0.264 e. The van der Waals surface area contributed by atoms with Gasteiger partial charge < -0.3 is 23.7 Å². The molecule has 0 N–H and O–H groups in total. The zero-order chi connectivity index (χ0) is 18.1. The van der Waals surface area contributed by atoms with Gasteiger partial charge in [0.1, 0.15) is 30.2 Å². The van der Waals surface area contributed by atoms with Crippen LogP contribution < -0.4 is 4.74 Å². The maximum absolute atomic E-state index is 11.4. The van der Waals surface area contributed by atoms with E-state index in [1.807, 2.05) is 24.3 Å². The zero-order valence-electron chi connectivity index (χ0n) is 14.3. The number of hydrogen-bond acceptors (Lipinski definition) is 8. The van der Waals surface area contributed by atoms with Crippen molar-refractivity contribution in [1.82, 2.24) is 0 Å². The lowest BCUT2D eigenvalue weighted by molar-refractivity contribution is -0.240. The van der Waals surface area contributed by atoms with Gasteiger partial charge in [-0.25, -0.2) is 0 Å². The number of rotatable bonds is 8. The van der Waals surface area contributed by atoms with E-state index in [1.165, 1.54) is 7.11 Å². The normalized spacial score (nSPS) is 31.4. The molecule has 0 radical (unpaired) electrons. The first-order valence-corrected chi connectivity index (χ1v) is 9.60. The van der Waals surface area contributed by atoms with Crippen LogP contribution in [0.15, 0.2) is 24.3 Å². The van der Waals surface area contributed by atoms with Gasteiger partial charge >= 0.3 is 0 Å². The van der Waals surface area contributed by atoms with E-state index in [0.717, 1.165) is 17.6 Å². The molecule has 8 nitrogen and oxygen atoms in total. The minimum Gasteiger partial charge on any atom is -0.497 e. The van der Waals surface area contributed by atoms with Crippen molar-refractivity contribution in [3.63, 3.8) is 0 Å². The fraction of sp³-hybridized carbons (Fsp3) is 0.625. The van der Waals surface area contributed by atoms with Gasteiger partial charge in [0.05, 0.1) is 26.6 Å².